The van der Waals surface area contributed by atoms with Crippen LogP contribution in [0, 0.1) is 5.82 Å². The van der Waals surface area contributed by atoms with Gasteiger partial charge in [0.1, 0.15) is 11.6 Å². The highest BCUT2D eigenvalue weighted by molar-refractivity contribution is 7.98. The first-order valence-corrected chi connectivity index (χ1v) is 9.08. The Balaban J connectivity index is 1.79. The third-order valence-electron chi connectivity index (χ3n) is 3.54. The molecule has 5 heteroatoms. The second-order valence-electron chi connectivity index (χ2n) is 5.90. The van der Waals surface area contributed by atoms with E-state index in [0.717, 1.165) is 17.0 Å². The van der Waals surface area contributed by atoms with Crippen LogP contribution in [0.5, 0.6) is 11.6 Å². The number of nitrogens with zero attached hydrogens (tertiary/aromatic N) is 2. The summed E-state index contributed by atoms with van der Waals surface area (Å²) < 4.78 is 18.9. The Morgan fingerprint density at radius 2 is 1.72 bits per heavy atom. The molecular formula is C20H19FN2OS. The molecule has 0 bridgehead atoms. The van der Waals surface area contributed by atoms with Gasteiger partial charge in [-0.15, -0.1) is 0 Å². The Hall–Kier alpha value is -2.40. The maximum atomic E-state index is 13.0. The molecule has 128 valence electrons. The first-order chi connectivity index (χ1) is 12.1. The van der Waals surface area contributed by atoms with Crippen LogP contribution in [-0.4, -0.2) is 9.97 Å². The molecule has 0 aliphatic heterocycles. The maximum Gasteiger partial charge on any atom is 0.223 e. The Labute approximate surface area is 151 Å². The zero-order valence-electron chi connectivity index (χ0n) is 14.1. The number of halogens is 1. The van der Waals surface area contributed by atoms with Crippen LogP contribution < -0.4 is 4.74 Å². The zero-order chi connectivity index (χ0) is 17.6. The van der Waals surface area contributed by atoms with E-state index in [9.17, 15) is 4.39 Å². The van der Waals surface area contributed by atoms with E-state index in [1.807, 2.05) is 36.4 Å². The highest BCUT2D eigenvalue weighted by Crippen LogP contribution is 2.27. The largest absolute Gasteiger partial charge is 0.439 e. The van der Waals surface area contributed by atoms with Crippen molar-refractivity contribution in [3.63, 3.8) is 0 Å². The number of hydrogen-bond donors (Lipinski definition) is 0. The predicted molar refractivity (Wildman–Crippen MR) is 98.6 cm³/mol. The standard InChI is InChI=1S/C20H19FN2OS/c1-14(2)18-12-19(24-17-6-4-3-5-7-17)23-20(22-18)25-13-15-8-10-16(21)11-9-15/h3-12,14H,13H2,1-2H3. The molecule has 2 aromatic carbocycles. The van der Waals surface area contributed by atoms with Crippen LogP contribution in [0.1, 0.15) is 31.0 Å². The van der Waals surface area contributed by atoms with Crippen molar-refractivity contribution in [3.8, 4) is 11.6 Å². The van der Waals surface area contributed by atoms with Crippen molar-refractivity contribution in [1.29, 1.82) is 0 Å². The lowest BCUT2D eigenvalue weighted by molar-refractivity contribution is 0.453. The summed E-state index contributed by atoms with van der Waals surface area (Å²) in [5.74, 6) is 1.99. The van der Waals surface area contributed by atoms with Gasteiger partial charge in [-0.3, -0.25) is 0 Å². The van der Waals surface area contributed by atoms with Gasteiger partial charge in [-0.25, -0.2) is 9.37 Å². The normalized spacial score (nSPS) is 10.9. The predicted octanol–water partition coefficient (Wildman–Crippen LogP) is 5.82. The summed E-state index contributed by atoms with van der Waals surface area (Å²) in [7, 11) is 0. The fourth-order valence-corrected chi connectivity index (χ4v) is 2.98. The molecule has 0 fully saturated rings. The molecule has 0 saturated heterocycles. The lowest BCUT2D eigenvalue weighted by Gasteiger charge is -2.11. The number of para-hydroxylation sites is 1. The van der Waals surface area contributed by atoms with Gasteiger partial charge in [0.2, 0.25) is 5.88 Å². The third-order valence-corrected chi connectivity index (χ3v) is 4.46. The molecule has 0 N–H and O–H groups in total. The van der Waals surface area contributed by atoms with E-state index in [1.165, 1.54) is 23.9 Å². The van der Waals surface area contributed by atoms with E-state index in [-0.39, 0.29) is 11.7 Å². The SMILES string of the molecule is CC(C)c1cc(Oc2ccccc2)nc(SCc2ccc(F)cc2)n1. The summed E-state index contributed by atoms with van der Waals surface area (Å²) in [5, 5.41) is 0.654. The van der Waals surface area contributed by atoms with E-state index < -0.39 is 0 Å². The molecule has 0 aliphatic carbocycles. The molecule has 3 rings (SSSR count). The topological polar surface area (TPSA) is 35.0 Å². The van der Waals surface area contributed by atoms with Crippen LogP contribution in [0.4, 0.5) is 4.39 Å². The zero-order valence-corrected chi connectivity index (χ0v) is 15.0. The third kappa shape index (κ3) is 5.03. The van der Waals surface area contributed by atoms with E-state index in [4.69, 9.17) is 4.74 Å². The van der Waals surface area contributed by atoms with E-state index in [1.54, 1.807) is 12.1 Å². The van der Waals surface area contributed by atoms with Crippen molar-refractivity contribution < 1.29 is 9.13 Å². The van der Waals surface area contributed by atoms with Crippen LogP contribution in [-0.2, 0) is 5.75 Å². The Morgan fingerprint density at radius 1 is 1.00 bits per heavy atom. The first-order valence-electron chi connectivity index (χ1n) is 8.09. The van der Waals surface area contributed by atoms with Crippen LogP contribution in [0.3, 0.4) is 0 Å². The minimum Gasteiger partial charge on any atom is -0.439 e. The van der Waals surface area contributed by atoms with Gasteiger partial charge in [0.05, 0.1) is 5.69 Å². The maximum absolute atomic E-state index is 13.0. The van der Waals surface area contributed by atoms with E-state index >= 15 is 0 Å². The molecule has 0 aliphatic rings. The Kier molecular flexibility index (Phi) is 5.66. The molecule has 0 amide bonds. The van der Waals surface area contributed by atoms with Crippen molar-refractivity contribution in [2.45, 2.75) is 30.7 Å². The fraction of sp³-hybridized carbons (Fsp3) is 0.200. The average Bonchev–Trinajstić information content (AvgIpc) is 2.62. The molecule has 0 unspecified atom stereocenters. The van der Waals surface area contributed by atoms with Crippen LogP contribution in [0.25, 0.3) is 0 Å². The van der Waals surface area contributed by atoms with Crippen molar-refractivity contribution in [2.75, 3.05) is 0 Å². The number of ether oxygens (including phenoxy) is 1. The molecule has 3 nitrogen and oxygen atoms in total. The summed E-state index contributed by atoms with van der Waals surface area (Å²) in [6, 6.07) is 17.9. The molecule has 3 aromatic rings. The summed E-state index contributed by atoms with van der Waals surface area (Å²) in [4.78, 5) is 9.10. The molecule has 1 aromatic heterocycles. The molecular weight excluding hydrogens is 335 g/mol. The fourth-order valence-electron chi connectivity index (χ4n) is 2.17. The van der Waals surface area contributed by atoms with Gasteiger partial charge in [0.15, 0.2) is 5.16 Å². The molecule has 25 heavy (non-hydrogen) atoms. The molecule has 0 spiro atoms. The highest BCUT2D eigenvalue weighted by Gasteiger charge is 2.10. The number of thioether (sulfide) groups is 1. The Morgan fingerprint density at radius 3 is 2.40 bits per heavy atom. The minimum absolute atomic E-state index is 0.231. The molecule has 1 heterocycles. The molecule has 0 atom stereocenters. The van der Waals surface area contributed by atoms with Crippen molar-refractivity contribution in [3.05, 3.63) is 77.7 Å². The summed E-state index contributed by atoms with van der Waals surface area (Å²) in [5.41, 5.74) is 1.96. The molecule has 0 radical (unpaired) electrons. The number of rotatable bonds is 6. The lowest BCUT2D eigenvalue weighted by Crippen LogP contribution is -1.99. The van der Waals surface area contributed by atoms with Crippen molar-refractivity contribution >= 4 is 11.8 Å². The van der Waals surface area contributed by atoms with Gasteiger partial charge in [-0.05, 0) is 35.7 Å². The van der Waals surface area contributed by atoms with E-state index in [0.29, 0.717) is 16.8 Å². The summed E-state index contributed by atoms with van der Waals surface area (Å²) in [6.45, 7) is 4.17. The summed E-state index contributed by atoms with van der Waals surface area (Å²) in [6.07, 6.45) is 0. The van der Waals surface area contributed by atoms with Gasteiger partial charge >= 0.3 is 0 Å². The van der Waals surface area contributed by atoms with Crippen molar-refractivity contribution in [1.82, 2.24) is 9.97 Å². The second-order valence-corrected chi connectivity index (χ2v) is 6.84. The van der Waals surface area contributed by atoms with Gasteiger partial charge in [-0.1, -0.05) is 55.9 Å². The van der Waals surface area contributed by atoms with Gasteiger partial charge in [-0.2, -0.15) is 4.98 Å². The highest BCUT2D eigenvalue weighted by atomic mass is 32.2. The molecule has 0 saturated carbocycles. The van der Waals surface area contributed by atoms with Crippen LogP contribution in [0.15, 0.2) is 65.8 Å². The number of aromatic nitrogens is 2. The van der Waals surface area contributed by atoms with Gasteiger partial charge in [0.25, 0.3) is 0 Å². The van der Waals surface area contributed by atoms with Gasteiger partial charge in [0, 0.05) is 11.8 Å². The quantitative estimate of drug-likeness (QED) is 0.412. The smallest absolute Gasteiger partial charge is 0.223 e. The monoisotopic (exact) mass is 354 g/mol. The lowest BCUT2D eigenvalue weighted by atomic mass is 10.1. The van der Waals surface area contributed by atoms with Crippen molar-refractivity contribution in [2.24, 2.45) is 0 Å². The average molecular weight is 354 g/mol. The Bertz CT molecular complexity index is 823. The number of benzene rings is 2. The minimum atomic E-state index is -0.231. The van der Waals surface area contributed by atoms with E-state index in [2.05, 4.69) is 23.8 Å². The number of hydrogen-bond acceptors (Lipinski definition) is 4. The van der Waals surface area contributed by atoms with Crippen LogP contribution >= 0.6 is 11.8 Å². The second kappa shape index (κ2) is 8.12. The first kappa shape index (κ1) is 17.4. The van der Waals surface area contributed by atoms with Gasteiger partial charge < -0.3 is 4.74 Å². The summed E-state index contributed by atoms with van der Waals surface area (Å²) >= 11 is 1.51. The van der Waals surface area contributed by atoms with Crippen LogP contribution in [0.2, 0.25) is 0 Å².